The zero-order valence-electron chi connectivity index (χ0n) is 24.5. The number of halogens is 2. The summed E-state index contributed by atoms with van der Waals surface area (Å²) in [4.78, 5) is 45.8. The van der Waals surface area contributed by atoms with E-state index in [0.29, 0.717) is 0 Å². The summed E-state index contributed by atoms with van der Waals surface area (Å²) in [5.41, 5.74) is -1.66. The van der Waals surface area contributed by atoms with Crippen molar-refractivity contribution in [1.82, 2.24) is 10.6 Å². The zero-order chi connectivity index (χ0) is 32.4. The average molecular weight is 599 g/mol. The second kappa shape index (κ2) is 14.8. The highest BCUT2D eigenvalue weighted by atomic mass is 19.1. The van der Waals surface area contributed by atoms with Gasteiger partial charge in [0.25, 0.3) is 0 Å². The number of amides is 2. The van der Waals surface area contributed by atoms with Crippen molar-refractivity contribution in [3.8, 4) is 11.5 Å². The molecule has 0 aliphatic heterocycles. The van der Waals surface area contributed by atoms with Crippen LogP contribution in [0, 0.1) is 11.6 Å². The molecule has 2 amide bonds. The number of carboxylic acids is 2. The van der Waals surface area contributed by atoms with Gasteiger partial charge in [0.2, 0.25) is 0 Å². The number of hydrogen-bond donors (Lipinski definition) is 4. The summed E-state index contributed by atoms with van der Waals surface area (Å²) in [6.07, 6.45) is -1.84. The topological polar surface area (TPSA) is 170 Å². The second-order valence-electron chi connectivity index (χ2n) is 10.6. The van der Waals surface area contributed by atoms with E-state index in [4.69, 9.17) is 29.2 Å². The van der Waals surface area contributed by atoms with E-state index in [-0.39, 0.29) is 22.6 Å². The summed E-state index contributed by atoms with van der Waals surface area (Å²) in [7, 11) is 2.66. The van der Waals surface area contributed by atoms with E-state index in [1.807, 2.05) is 0 Å². The van der Waals surface area contributed by atoms with Crippen LogP contribution in [0.3, 0.4) is 0 Å². The standard InChI is InChI=1S/2C14H18FNO5/c1-14(2,3)21-13(19)16-11(12(17)18)8-5-6-10(20-4)9(15)7-8;1-14(2,3)21-13(19)16-11(12(17)18)9-6-5-8(20-4)7-10(9)15/h2*5-7,11H,1-4H3,(H,16,19)(H,17,18). The first kappa shape index (κ1) is 35.4. The number of alkyl carbamates (subject to hydrolysis) is 2. The number of carbonyl (C=O) groups is 4. The van der Waals surface area contributed by atoms with Crippen LogP contribution < -0.4 is 20.1 Å². The van der Waals surface area contributed by atoms with Gasteiger partial charge in [-0.25, -0.2) is 28.0 Å². The third-order valence-electron chi connectivity index (χ3n) is 4.84. The van der Waals surface area contributed by atoms with Gasteiger partial charge in [0.15, 0.2) is 23.7 Å². The first-order chi connectivity index (χ1) is 19.3. The lowest BCUT2D eigenvalue weighted by Gasteiger charge is -2.22. The monoisotopic (exact) mass is 598 g/mol. The van der Waals surface area contributed by atoms with Crippen molar-refractivity contribution < 1.29 is 57.1 Å². The molecule has 0 saturated carbocycles. The maximum absolute atomic E-state index is 13.9. The van der Waals surface area contributed by atoms with E-state index < -0.39 is 59.0 Å². The molecule has 0 aliphatic rings. The molecule has 0 aliphatic carbocycles. The van der Waals surface area contributed by atoms with Gasteiger partial charge in [0.05, 0.1) is 14.2 Å². The molecule has 2 unspecified atom stereocenters. The Morgan fingerprint density at radius 1 is 0.714 bits per heavy atom. The fourth-order valence-corrected chi connectivity index (χ4v) is 3.14. The Morgan fingerprint density at radius 2 is 1.21 bits per heavy atom. The molecular weight excluding hydrogens is 562 g/mol. The summed E-state index contributed by atoms with van der Waals surface area (Å²) in [5, 5.41) is 22.6. The lowest BCUT2D eigenvalue weighted by molar-refractivity contribution is -0.140. The predicted molar refractivity (Wildman–Crippen MR) is 145 cm³/mol. The van der Waals surface area contributed by atoms with Crippen molar-refractivity contribution in [3.63, 3.8) is 0 Å². The van der Waals surface area contributed by atoms with Crippen LogP contribution in [0.4, 0.5) is 18.4 Å². The van der Waals surface area contributed by atoms with Gasteiger partial charge >= 0.3 is 24.1 Å². The van der Waals surface area contributed by atoms with Gasteiger partial charge < -0.3 is 39.8 Å². The largest absolute Gasteiger partial charge is 0.497 e. The van der Waals surface area contributed by atoms with Gasteiger partial charge in [-0.1, -0.05) is 6.07 Å². The highest BCUT2D eigenvalue weighted by Crippen LogP contribution is 2.24. The summed E-state index contributed by atoms with van der Waals surface area (Å²) in [5.74, 6) is -4.00. The molecule has 2 rings (SSSR count). The molecule has 2 atom stereocenters. The SMILES string of the molecule is COc1ccc(C(NC(=O)OC(C)(C)C)C(=O)O)c(F)c1.COc1ccc(C(NC(=O)OC(C)(C)C)C(=O)O)cc1F. The number of methoxy groups -OCH3 is 2. The van der Waals surface area contributed by atoms with E-state index >= 15 is 0 Å². The third-order valence-corrected chi connectivity index (χ3v) is 4.84. The average Bonchev–Trinajstić information content (AvgIpc) is 2.84. The van der Waals surface area contributed by atoms with Crippen molar-refractivity contribution in [2.45, 2.75) is 64.8 Å². The number of hydrogen-bond acceptors (Lipinski definition) is 8. The maximum atomic E-state index is 13.9. The van der Waals surface area contributed by atoms with Crippen LogP contribution >= 0.6 is 0 Å². The number of ether oxygens (including phenoxy) is 4. The summed E-state index contributed by atoms with van der Waals surface area (Å²) in [6, 6.07) is 4.37. The molecule has 42 heavy (non-hydrogen) atoms. The van der Waals surface area contributed by atoms with Crippen LogP contribution in [0.5, 0.6) is 11.5 Å². The highest BCUT2D eigenvalue weighted by molar-refractivity contribution is 5.82. The summed E-state index contributed by atoms with van der Waals surface area (Å²) < 4.78 is 47.1. The lowest BCUT2D eigenvalue weighted by Crippen LogP contribution is -2.38. The van der Waals surface area contributed by atoms with E-state index in [1.165, 1.54) is 38.5 Å². The molecule has 0 aromatic heterocycles. The molecular formula is C28H36F2N2O10. The Hall–Kier alpha value is -4.62. The molecule has 2 aromatic rings. The Balaban J connectivity index is 0.000000420. The van der Waals surface area contributed by atoms with E-state index in [1.54, 1.807) is 41.5 Å². The van der Waals surface area contributed by atoms with Crippen molar-refractivity contribution >= 4 is 24.1 Å². The molecule has 0 bridgehead atoms. The van der Waals surface area contributed by atoms with Crippen molar-refractivity contribution in [1.29, 1.82) is 0 Å². The lowest BCUT2D eigenvalue weighted by atomic mass is 10.1. The minimum atomic E-state index is -1.55. The molecule has 4 N–H and O–H groups in total. The Labute approximate surface area is 241 Å². The van der Waals surface area contributed by atoms with Gasteiger partial charge in [0.1, 0.15) is 22.8 Å². The fraction of sp³-hybridized carbons (Fsp3) is 0.429. The smallest absolute Gasteiger partial charge is 0.408 e. The predicted octanol–water partition coefficient (Wildman–Crippen LogP) is 4.97. The van der Waals surface area contributed by atoms with Crippen molar-refractivity contribution in [2.75, 3.05) is 14.2 Å². The number of carbonyl (C=O) groups excluding carboxylic acids is 2. The molecule has 0 fully saturated rings. The normalized spacial score (nSPS) is 12.4. The minimum absolute atomic E-state index is 0.0137. The molecule has 2 aromatic carbocycles. The second-order valence-corrected chi connectivity index (χ2v) is 10.6. The Morgan fingerprint density at radius 3 is 1.60 bits per heavy atom. The minimum Gasteiger partial charge on any atom is -0.497 e. The first-order valence-electron chi connectivity index (χ1n) is 12.4. The zero-order valence-corrected chi connectivity index (χ0v) is 24.5. The van der Waals surface area contributed by atoms with Gasteiger partial charge in [-0.05, 0) is 71.4 Å². The van der Waals surface area contributed by atoms with Crippen LogP contribution in [-0.4, -0.2) is 59.8 Å². The van der Waals surface area contributed by atoms with E-state index in [9.17, 15) is 28.0 Å². The quantitative estimate of drug-likeness (QED) is 0.325. The maximum Gasteiger partial charge on any atom is 0.408 e. The van der Waals surface area contributed by atoms with E-state index in [2.05, 4.69) is 10.6 Å². The Bertz CT molecular complexity index is 1270. The Kier molecular flexibility index (Phi) is 12.5. The molecule has 0 saturated heterocycles. The number of nitrogens with one attached hydrogen (secondary N) is 2. The molecule has 14 heteroatoms. The number of aliphatic carboxylic acids is 2. The van der Waals surface area contributed by atoms with Gasteiger partial charge in [-0.3, -0.25) is 0 Å². The van der Waals surface area contributed by atoms with Crippen molar-refractivity contribution in [3.05, 3.63) is 59.2 Å². The van der Waals surface area contributed by atoms with Gasteiger partial charge in [-0.15, -0.1) is 0 Å². The van der Waals surface area contributed by atoms with Crippen LogP contribution in [0.15, 0.2) is 36.4 Å². The molecule has 0 heterocycles. The molecule has 12 nitrogen and oxygen atoms in total. The molecule has 0 spiro atoms. The van der Waals surface area contributed by atoms with Gasteiger partial charge in [0, 0.05) is 11.6 Å². The van der Waals surface area contributed by atoms with Crippen LogP contribution in [-0.2, 0) is 19.1 Å². The van der Waals surface area contributed by atoms with Crippen molar-refractivity contribution in [2.24, 2.45) is 0 Å². The number of rotatable bonds is 8. The van der Waals surface area contributed by atoms with Crippen LogP contribution in [0.1, 0.15) is 64.8 Å². The number of carboxylic acid groups (broad SMARTS) is 2. The van der Waals surface area contributed by atoms with Crippen LogP contribution in [0.25, 0.3) is 0 Å². The fourth-order valence-electron chi connectivity index (χ4n) is 3.14. The van der Waals surface area contributed by atoms with E-state index in [0.717, 1.165) is 12.1 Å². The molecule has 232 valence electrons. The summed E-state index contributed by atoms with van der Waals surface area (Å²) in [6.45, 7) is 9.85. The van der Waals surface area contributed by atoms with Crippen LogP contribution in [0.2, 0.25) is 0 Å². The first-order valence-corrected chi connectivity index (χ1v) is 12.4. The summed E-state index contributed by atoms with van der Waals surface area (Å²) >= 11 is 0. The van der Waals surface area contributed by atoms with Gasteiger partial charge in [-0.2, -0.15) is 0 Å². The number of benzene rings is 2. The third kappa shape index (κ3) is 11.9. The highest BCUT2D eigenvalue weighted by Gasteiger charge is 2.28. The molecule has 0 radical (unpaired) electrons.